The lowest BCUT2D eigenvalue weighted by atomic mass is 9.57. The highest BCUT2D eigenvalue weighted by molar-refractivity contribution is 7.99. The third-order valence-electron chi connectivity index (χ3n) is 4.70. The fourth-order valence-corrected chi connectivity index (χ4v) is 4.01. The van der Waals surface area contributed by atoms with E-state index >= 15 is 0 Å². The molecule has 1 nitrogen and oxygen atoms in total. The molecule has 0 spiro atoms. The van der Waals surface area contributed by atoms with Gasteiger partial charge < -0.3 is 5.11 Å². The van der Waals surface area contributed by atoms with Crippen molar-refractivity contribution < 1.29 is 5.11 Å². The minimum Gasteiger partial charge on any atom is -0.393 e. The van der Waals surface area contributed by atoms with Crippen molar-refractivity contribution in [1.82, 2.24) is 0 Å². The van der Waals surface area contributed by atoms with Crippen LogP contribution in [0.2, 0.25) is 0 Å². The Morgan fingerprint density at radius 2 is 2.07 bits per heavy atom. The molecule has 0 amide bonds. The van der Waals surface area contributed by atoms with E-state index < -0.39 is 0 Å². The summed E-state index contributed by atoms with van der Waals surface area (Å²) in [6.45, 7) is 4.51. The zero-order valence-electron chi connectivity index (χ0n) is 8.85. The molecule has 2 rings (SSSR count). The molecular formula is C11H20OS2. The SMILES string of the molecule is CC(C(S)S)[C@H]1[C@@H](O)C[C@H]2CC[C@@]21C. The predicted octanol–water partition coefficient (Wildman–Crippen LogP) is 2.61. The molecule has 82 valence electrons. The number of thiol groups is 2. The van der Waals surface area contributed by atoms with Crippen LogP contribution in [0.3, 0.4) is 0 Å². The molecule has 2 fully saturated rings. The molecular weight excluding hydrogens is 212 g/mol. The van der Waals surface area contributed by atoms with Gasteiger partial charge in [-0.1, -0.05) is 13.8 Å². The van der Waals surface area contributed by atoms with Crippen molar-refractivity contribution in [2.75, 3.05) is 0 Å². The topological polar surface area (TPSA) is 20.2 Å². The third kappa shape index (κ3) is 1.43. The first-order chi connectivity index (χ1) is 6.47. The molecule has 0 aromatic rings. The Balaban J connectivity index is 2.17. The van der Waals surface area contributed by atoms with Gasteiger partial charge in [-0.25, -0.2) is 0 Å². The zero-order chi connectivity index (χ0) is 10.5. The number of aliphatic hydroxyl groups excluding tert-OH is 1. The van der Waals surface area contributed by atoms with Gasteiger partial charge in [0.05, 0.1) is 6.10 Å². The van der Waals surface area contributed by atoms with Crippen molar-refractivity contribution in [3.63, 3.8) is 0 Å². The second-order valence-corrected chi connectivity index (χ2v) is 6.86. The fraction of sp³-hybridized carbons (Fsp3) is 1.00. The van der Waals surface area contributed by atoms with Crippen LogP contribution in [0.5, 0.6) is 0 Å². The highest BCUT2D eigenvalue weighted by Gasteiger charge is 2.58. The Morgan fingerprint density at radius 3 is 2.43 bits per heavy atom. The van der Waals surface area contributed by atoms with Crippen LogP contribution in [0.15, 0.2) is 0 Å². The minimum absolute atomic E-state index is 0.0887. The summed E-state index contributed by atoms with van der Waals surface area (Å²) < 4.78 is 0.0887. The van der Waals surface area contributed by atoms with Gasteiger partial charge >= 0.3 is 0 Å². The van der Waals surface area contributed by atoms with E-state index in [2.05, 4.69) is 39.1 Å². The van der Waals surface area contributed by atoms with Crippen molar-refractivity contribution in [1.29, 1.82) is 0 Å². The summed E-state index contributed by atoms with van der Waals surface area (Å²) in [6.07, 6.45) is 3.46. The van der Waals surface area contributed by atoms with Crippen LogP contribution in [0.25, 0.3) is 0 Å². The fourth-order valence-electron chi connectivity index (χ4n) is 3.64. The molecule has 2 saturated carbocycles. The largest absolute Gasteiger partial charge is 0.393 e. The summed E-state index contributed by atoms with van der Waals surface area (Å²) in [4.78, 5) is 0. The number of fused-ring (bicyclic) bond motifs is 1. The van der Waals surface area contributed by atoms with Gasteiger partial charge in [0.1, 0.15) is 0 Å². The molecule has 0 radical (unpaired) electrons. The number of aliphatic hydroxyl groups is 1. The van der Waals surface area contributed by atoms with Crippen molar-refractivity contribution in [2.24, 2.45) is 23.2 Å². The summed E-state index contributed by atoms with van der Waals surface area (Å²) in [5.74, 6) is 1.55. The van der Waals surface area contributed by atoms with E-state index in [0.717, 1.165) is 12.3 Å². The zero-order valence-corrected chi connectivity index (χ0v) is 10.6. The van der Waals surface area contributed by atoms with Crippen LogP contribution in [0.1, 0.15) is 33.1 Å². The predicted molar refractivity (Wildman–Crippen MR) is 65.9 cm³/mol. The first kappa shape index (κ1) is 11.2. The molecule has 1 N–H and O–H groups in total. The Morgan fingerprint density at radius 1 is 1.43 bits per heavy atom. The second kappa shape index (κ2) is 3.60. The normalized spacial score (nSPS) is 48.9. The minimum atomic E-state index is -0.121. The number of hydrogen-bond acceptors (Lipinski definition) is 3. The van der Waals surface area contributed by atoms with Crippen LogP contribution >= 0.6 is 25.3 Å². The van der Waals surface area contributed by atoms with Crippen LogP contribution in [0, 0.1) is 23.2 Å². The van der Waals surface area contributed by atoms with Crippen molar-refractivity contribution in [2.45, 2.75) is 43.8 Å². The average Bonchev–Trinajstić information content (AvgIpc) is 2.26. The van der Waals surface area contributed by atoms with Crippen LogP contribution in [-0.4, -0.2) is 15.8 Å². The summed E-state index contributed by atoms with van der Waals surface area (Å²) in [5, 5.41) is 10.1. The first-order valence-corrected chi connectivity index (χ1v) is 6.54. The third-order valence-corrected chi connectivity index (χ3v) is 5.64. The molecule has 0 aliphatic heterocycles. The number of rotatable bonds is 2. The van der Waals surface area contributed by atoms with E-state index in [4.69, 9.17) is 0 Å². The van der Waals surface area contributed by atoms with Crippen molar-refractivity contribution >= 4 is 25.3 Å². The molecule has 2 aliphatic carbocycles. The van der Waals surface area contributed by atoms with E-state index in [1.54, 1.807) is 0 Å². The van der Waals surface area contributed by atoms with Crippen LogP contribution in [-0.2, 0) is 0 Å². The molecule has 14 heavy (non-hydrogen) atoms. The lowest BCUT2D eigenvalue weighted by Crippen LogP contribution is -2.43. The molecule has 0 bridgehead atoms. The van der Waals surface area contributed by atoms with Crippen LogP contribution in [0.4, 0.5) is 0 Å². The molecule has 0 saturated heterocycles. The molecule has 2 aliphatic rings. The molecule has 0 aromatic carbocycles. The molecule has 0 aromatic heterocycles. The van der Waals surface area contributed by atoms with Gasteiger partial charge in [-0.15, -0.1) is 0 Å². The Labute approximate surface area is 97.5 Å². The van der Waals surface area contributed by atoms with E-state index in [9.17, 15) is 5.11 Å². The molecule has 1 unspecified atom stereocenters. The quantitative estimate of drug-likeness (QED) is 0.494. The Hall–Kier alpha value is 0.660. The van der Waals surface area contributed by atoms with E-state index in [1.165, 1.54) is 12.8 Å². The van der Waals surface area contributed by atoms with Gasteiger partial charge in [-0.3, -0.25) is 0 Å². The number of hydrogen-bond donors (Lipinski definition) is 3. The van der Waals surface area contributed by atoms with Crippen molar-refractivity contribution in [3.8, 4) is 0 Å². The maximum Gasteiger partial charge on any atom is 0.0579 e. The van der Waals surface area contributed by atoms with Gasteiger partial charge in [0.15, 0.2) is 0 Å². The molecule has 3 heteroatoms. The van der Waals surface area contributed by atoms with Crippen molar-refractivity contribution in [3.05, 3.63) is 0 Å². The van der Waals surface area contributed by atoms with Gasteiger partial charge in [0.2, 0.25) is 0 Å². The standard InChI is InChI=1S/C11H20OS2/c1-6(10(13)14)9-8(12)5-7-3-4-11(7,9)2/h6-10,12-14H,3-5H2,1-2H3/t6?,7-,8+,9+,11+/m1/s1. The summed E-state index contributed by atoms with van der Waals surface area (Å²) in [5.41, 5.74) is 0.378. The lowest BCUT2D eigenvalue weighted by Gasteiger charge is -2.48. The smallest absolute Gasteiger partial charge is 0.0579 e. The average molecular weight is 232 g/mol. The van der Waals surface area contributed by atoms with E-state index in [-0.39, 0.29) is 10.7 Å². The maximum atomic E-state index is 10.1. The van der Waals surface area contributed by atoms with Gasteiger partial charge in [0, 0.05) is 4.58 Å². The van der Waals surface area contributed by atoms with E-state index in [1.807, 2.05) is 0 Å². The summed E-state index contributed by atoms with van der Waals surface area (Å²) in [7, 11) is 0. The monoisotopic (exact) mass is 232 g/mol. The maximum absolute atomic E-state index is 10.1. The second-order valence-electron chi connectivity index (χ2n) is 5.34. The van der Waals surface area contributed by atoms with Gasteiger partial charge in [0.25, 0.3) is 0 Å². The molecule has 0 heterocycles. The first-order valence-electron chi connectivity index (χ1n) is 5.51. The summed E-state index contributed by atoms with van der Waals surface area (Å²) in [6, 6.07) is 0. The van der Waals surface area contributed by atoms with Crippen LogP contribution < -0.4 is 0 Å². The highest BCUT2D eigenvalue weighted by atomic mass is 32.2. The van der Waals surface area contributed by atoms with Gasteiger partial charge in [-0.05, 0) is 42.4 Å². The summed E-state index contributed by atoms with van der Waals surface area (Å²) >= 11 is 8.79. The highest BCUT2D eigenvalue weighted by Crippen LogP contribution is 2.62. The Bertz CT molecular complexity index is 231. The van der Waals surface area contributed by atoms with Gasteiger partial charge in [-0.2, -0.15) is 25.3 Å². The lowest BCUT2D eigenvalue weighted by molar-refractivity contribution is -0.00611. The van der Waals surface area contributed by atoms with E-state index in [0.29, 0.717) is 17.3 Å². The Kier molecular flexibility index (Phi) is 2.87. The molecule has 5 atom stereocenters.